The van der Waals surface area contributed by atoms with Crippen LogP contribution < -0.4 is 4.74 Å². The number of nitriles is 1. The van der Waals surface area contributed by atoms with Crippen LogP contribution in [0, 0.1) is 11.3 Å². The van der Waals surface area contributed by atoms with Gasteiger partial charge in [0.05, 0.1) is 19.1 Å². The van der Waals surface area contributed by atoms with Crippen LogP contribution in [0.2, 0.25) is 0 Å². The molecule has 2 nitrogen and oxygen atoms in total. The fourth-order valence-electron chi connectivity index (χ4n) is 2.88. The first-order chi connectivity index (χ1) is 11.4. The van der Waals surface area contributed by atoms with Crippen molar-refractivity contribution in [1.82, 2.24) is 0 Å². The second-order valence-electron chi connectivity index (χ2n) is 7.26. The van der Waals surface area contributed by atoms with Crippen molar-refractivity contribution in [3.05, 3.63) is 64.7 Å². The average Bonchev–Trinajstić information content (AvgIpc) is 2.58. The van der Waals surface area contributed by atoms with Crippen LogP contribution in [0.4, 0.5) is 0 Å². The van der Waals surface area contributed by atoms with Gasteiger partial charge in [-0.2, -0.15) is 5.26 Å². The van der Waals surface area contributed by atoms with Gasteiger partial charge in [-0.05, 0) is 46.6 Å². The quantitative estimate of drug-likeness (QED) is 0.738. The molecule has 0 aliphatic heterocycles. The lowest BCUT2D eigenvalue weighted by Gasteiger charge is -2.20. The number of methoxy groups -OCH3 is 1. The molecule has 0 fully saturated rings. The maximum Gasteiger partial charge on any atom is 0.122 e. The lowest BCUT2D eigenvalue weighted by molar-refractivity contribution is 0.409. The summed E-state index contributed by atoms with van der Waals surface area (Å²) in [7, 11) is 1.68. The number of rotatable bonds is 5. The zero-order valence-corrected chi connectivity index (χ0v) is 15.4. The van der Waals surface area contributed by atoms with Gasteiger partial charge in [0.15, 0.2) is 0 Å². The van der Waals surface area contributed by atoms with Gasteiger partial charge in [-0.25, -0.2) is 0 Å². The van der Waals surface area contributed by atoms with Crippen LogP contribution in [0.5, 0.6) is 5.75 Å². The first kappa shape index (κ1) is 18.1. The molecule has 0 amide bonds. The second-order valence-corrected chi connectivity index (χ2v) is 7.26. The van der Waals surface area contributed by atoms with Crippen molar-refractivity contribution in [1.29, 1.82) is 5.26 Å². The topological polar surface area (TPSA) is 33.0 Å². The van der Waals surface area contributed by atoms with E-state index in [9.17, 15) is 5.26 Å². The van der Waals surface area contributed by atoms with Gasteiger partial charge >= 0.3 is 0 Å². The molecule has 0 saturated heterocycles. The predicted molar refractivity (Wildman–Crippen MR) is 99.6 cm³/mol. The van der Waals surface area contributed by atoms with Crippen molar-refractivity contribution in [2.45, 2.75) is 51.9 Å². The highest BCUT2D eigenvalue weighted by atomic mass is 16.5. The molecule has 0 saturated carbocycles. The van der Waals surface area contributed by atoms with Gasteiger partial charge in [0.1, 0.15) is 5.75 Å². The van der Waals surface area contributed by atoms with E-state index in [1.165, 1.54) is 11.1 Å². The Balaban J connectivity index is 2.29. The second kappa shape index (κ2) is 7.53. The molecule has 126 valence electrons. The van der Waals surface area contributed by atoms with Gasteiger partial charge in [-0.1, -0.05) is 64.1 Å². The van der Waals surface area contributed by atoms with Gasteiger partial charge in [0, 0.05) is 0 Å². The lowest BCUT2D eigenvalue weighted by Crippen LogP contribution is -2.11. The largest absolute Gasteiger partial charge is 0.496 e. The fourth-order valence-corrected chi connectivity index (χ4v) is 2.88. The molecule has 0 spiro atoms. The maximum absolute atomic E-state index is 9.67. The summed E-state index contributed by atoms with van der Waals surface area (Å²) in [5, 5.41) is 9.67. The standard InChI is InChI=1S/C22H27NO/c1-6-16-7-12-21(24-5)18(13-16)14-19(15-23)17-8-10-20(11-9-17)22(2,3)4/h7-13,19H,6,14H2,1-5H3. The Hall–Kier alpha value is -2.27. The van der Waals surface area contributed by atoms with E-state index in [-0.39, 0.29) is 11.3 Å². The Morgan fingerprint density at radius 2 is 1.75 bits per heavy atom. The van der Waals surface area contributed by atoms with Gasteiger partial charge in [0.25, 0.3) is 0 Å². The van der Waals surface area contributed by atoms with Crippen LogP contribution in [-0.2, 0) is 18.3 Å². The molecule has 1 unspecified atom stereocenters. The number of ether oxygens (including phenoxy) is 1. The number of hydrogen-bond acceptors (Lipinski definition) is 2. The summed E-state index contributed by atoms with van der Waals surface area (Å²) >= 11 is 0. The molecule has 2 heteroatoms. The van der Waals surface area contributed by atoms with E-state index < -0.39 is 0 Å². The Kier molecular flexibility index (Phi) is 5.67. The van der Waals surface area contributed by atoms with E-state index in [1.807, 2.05) is 6.07 Å². The molecular weight excluding hydrogens is 294 g/mol. The summed E-state index contributed by atoms with van der Waals surface area (Å²) in [5.41, 5.74) is 4.84. The summed E-state index contributed by atoms with van der Waals surface area (Å²) in [6.07, 6.45) is 1.65. The molecule has 24 heavy (non-hydrogen) atoms. The summed E-state index contributed by atoms with van der Waals surface area (Å²) in [5.74, 6) is 0.693. The number of nitrogens with zero attached hydrogens (tertiary/aromatic N) is 1. The summed E-state index contributed by atoms with van der Waals surface area (Å²) in [6, 6.07) is 17.2. The number of hydrogen-bond donors (Lipinski definition) is 0. The minimum absolute atomic E-state index is 0.124. The molecule has 0 aliphatic rings. The Morgan fingerprint density at radius 1 is 1.08 bits per heavy atom. The zero-order chi connectivity index (χ0) is 17.7. The van der Waals surface area contributed by atoms with Crippen LogP contribution in [0.25, 0.3) is 0 Å². The molecule has 2 rings (SSSR count). The first-order valence-electron chi connectivity index (χ1n) is 8.55. The van der Waals surface area contributed by atoms with E-state index in [4.69, 9.17) is 4.74 Å². The number of benzene rings is 2. The third-order valence-electron chi connectivity index (χ3n) is 4.51. The molecule has 0 heterocycles. The van der Waals surface area contributed by atoms with Crippen molar-refractivity contribution in [3.8, 4) is 11.8 Å². The lowest BCUT2D eigenvalue weighted by atomic mass is 9.85. The summed E-state index contributed by atoms with van der Waals surface area (Å²) in [4.78, 5) is 0. The van der Waals surface area contributed by atoms with E-state index in [0.29, 0.717) is 6.42 Å². The zero-order valence-electron chi connectivity index (χ0n) is 15.4. The van der Waals surface area contributed by atoms with Crippen molar-refractivity contribution in [2.24, 2.45) is 0 Å². The average molecular weight is 321 g/mol. The molecule has 0 aliphatic carbocycles. The Labute approximate surface area is 146 Å². The molecule has 0 bridgehead atoms. The molecule has 0 aromatic heterocycles. The van der Waals surface area contributed by atoms with Gasteiger partial charge in [0.2, 0.25) is 0 Å². The van der Waals surface area contributed by atoms with Gasteiger partial charge < -0.3 is 4.74 Å². The predicted octanol–water partition coefficient (Wildman–Crippen LogP) is 5.40. The monoisotopic (exact) mass is 321 g/mol. The Morgan fingerprint density at radius 3 is 2.25 bits per heavy atom. The molecule has 2 aromatic rings. The minimum atomic E-state index is -0.167. The van der Waals surface area contributed by atoms with Crippen molar-refractivity contribution < 1.29 is 4.74 Å². The first-order valence-corrected chi connectivity index (χ1v) is 8.55. The highest BCUT2D eigenvalue weighted by molar-refractivity contribution is 5.41. The van der Waals surface area contributed by atoms with E-state index in [1.54, 1.807) is 7.11 Å². The van der Waals surface area contributed by atoms with Crippen molar-refractivity contribution >= 4 is 0 Å². The molecule has 0 N–H and O–H groups in total. The van der Waals surface area contributed by atoms with Gasteiger partial charge in [-0.15, -0.1) is 0 Å². The summed E-state index contributed by atoms with van der Waals surface area (Å²) < 4.78 is 5.48. The molecule has 1 atom stereocenters. The maximum atomic E-state index is 9.67. The molecular formula is C22H27NO. The highest BCUT2D eigenvalue weighted by Crippen LogP contribution is 2.29. The third-order valence-corrected chi connectivity index (χ3v) is 4.51. The van der Waals surface area contributed by atoms with Crippen LogP contribution in [0.1, 0.15) is 55.9 Å². The summed E-state index contributed by atoms with van der Waals surface area (Å²) in [6.45, 7) is 8.74. The molecule has 2 aromatic carbocycles. The normalized spacial score (nSPS) is 12.5. The molecule has 0 radical (unpaired) electrons. The smallest absolute Gasteiger partial charge is 0.122 e. The van der Waals surface area contributed by atoms with Gasteiger partial charge in [-0.3, -0.25) is 0 Å². The van der Waals surface area contributed by atoms with Crippen LogP contribution >= 0.6 is 0 Å². The van der Waals surface area contributed by atoms with E-state index in [2.05, 4.69) is 70.2 Å². The van der Waals surface area contributed by atoms with E-state index >= 15 is 0 Å². The van der Waals surface area contributed by atoms with Crippen LogP contribution in [-0.4, -0.2) is 7.11 Å². The number of aryl methyl sites for hydroxylation is 1. The highest BCUT2D eigenvalue weighted by Gasteiger charge is 2.17. The van der Waals surface area contributed by atoms with Crippen molar-refractivity contribution in [2.75, 3.05) is 7.11 Å². The van der Waals surface area contributed by atoms with Crippen molar-refractivity contribution in [3.63, 3.8) is 0 Å². The van der Waals surface area contributed by atoms with E-state index in [0.717, 1.165) is 23.3 Å². The van der Waals surface area contributed by atoms with Crippen LogP contribution in [0.3, 0.4) is 0 Å². The third kappa shape index (κ3) is 4.17. The minimum Gasteiger partial charge on any atom is -0.496 e. The fraction of sp³-hybridized carbons (Fsp3) is 0.409. The van der Waals surface area contributed by atoms with Crippen LogP contribution in [0.15, 0.2) is 42.5 Å². The SMILES string of the molecule is CCc1ccc(OC)c(CC(C#N)c2ccc(C(C)(C)C)cc2)c1. The Bertz CT molecular complexity index is 717.